The SMILES string of the molecule is COc1cc(C(=O)O)cc(C(=O)N2C[C@H]3CC[C@@H](C2)C3OC)c1. The van der Waals surface area contributed by atoms with Crippen LogP contribution in [0, 0.1) is 11.8 Å². The zero-order chi connectivity index (χ0) is 16.6. The fourth-order valence-electron chi connectivity index (χ4n) is 3.87. The van der Waals surface area contributed by atoms with Crippen molar-refractivity contribution in [1.29, 1.82) is 0 Å². The molecule has 2 aliphatic rings. The van der Waals surface area contributed by atoms with Crippen molar-refractivity contribution in [2.45, 2.75) is 18.9 Å². The number of carbonyl (C=O) groups is 2. The Morgan fingerprint density at radius 3 is 2.22 bits per heavy atom. The molecular weight excluding hydrogens is 298 g/mol. The molecule has 0 aromatic heterocycles. The number of carboxylic acids is 1. The summed E-state index contributed by atoms with van der Waals surface area (Å²) in [7, 11) is 3.19. The molecule has 1 saturated carbocycles. The lowest BCUT2D eigenvalue weighted by Gasteiger charge is -2.37. The molecule has 2 bridgehead atoms. The lowest BCUT2D eigenvalue weighted by Crippen LogP contribution is -2.48. The van der Waals surface area contributed by atoms with E-state index >= 15 is 0 Å². The van der Waals surface area contributed by atoms with E-state index in [0.717, 1.165) is 12.8 Å². The number of carboxylic acid groups (broad SMARTS) is 1. The molecule has 1 saturated heterocycles. The summed E-state index contributed by atoms with van der Waals surface area (Å²) >= 11 is 0. The van der Waals surface area contributed by atoms with Crippen LogP contribution in [0.25, 0.3) is 0 Å². The molecule has 2 fully saturated rings. The van der Waals surface area contributed by atoms with E-state index in [9.17, 15) is 14.7 Å². The first kappa shape index (κ1) is 15.8. The Hall–Kier alpha value is -2.08. The number of carbonyl (C=O) groups excluding carboxylic acids is 1. The highest BCUT2D eigenvalue weighted by atomic mass is 16.5. The lowest BCUT2D eigenvalue weighted by molar-refractivity contribution is -0.0113. The predicted octanol–water partition coefficient (Wildman–Crippen LogP) is 1.89. The van der Waals surface area contributed by atoms with Gasteiger partial charge in [-0.2, -0.15) is 0 Å². The number of rotatable bonds is 4. The van der Waals surface area contributed by atoms with E-state index in [1.54, 1.807) is 13.2 Å². The molecule has 1 amide bonds. The monoisotopic (exact) mass is 319 g/mol. The third kappa shape index (κ3) is 2.91. The highest BCUT2D eigenvalue weighted by molar-refractivity contribution is 5.98. The maximum Gasteiger partial charge on any atom is 0.335 e. The lowest BCUT2D eigenvalue weighted by atomic mass is 9.94. The minimum atomic E-state index is -1.07. The first-order valence-corrected chi connectivity index (χ1v) is 7.78. The Bertz CT molecular complexity index is 615. The number of likely N-dealkylation sites (tertiary alicyclic amines) is 1. The van der Waals surface area contributed by atoms with Gasteiger partial charge in [-0.15, -0.1) is 0 Å². The van der Waals surface area contributed by atoms with Gasteiger partial charge in [0.1, 0.15) is 5.75 Å². The van der Waals surface area contributed by atoms with Crippen LogP contribution in [0.2, 0.25) is 0 Å². The van der Waals surface area contributed by atoms with Crippen LogP contribution in [-0.4, -0.2) is 55.3 Å². The van der Waals surface area contributed by atoms with Gasteiger partial charge >= 0.3 is 5.97 Å². The van der Waals surface area contributed by atoms with Crippen molar-refractivity contribution in [3.63, 3.8) is 0 Å². The molecule has 6 nitrogen and oxygen atoms in total. The largest absolute Gasteiger partial charge is 0.497 e. The van der Waals surface area contributed by atoms with E-state index in [2.05, 4.69) is 0 Å². The molecule has 1 heterocycles. The zero-order valence-electron chi connectivity index (χ0n) is 13.3. The van der Waals surface area contributed by atoms with Gasteiger partial charge in [-0.1, -0.05) is 0 Å². The number of amides is 1. The highest BCUT2D eigenvalue weighted by Gasteiger charge is 2.43. The molecule has 6 heteroatoms. The van der Waals surface area contributed by atoms with Crippen molar-refractivity contribution < 1.29 is 24.2 Å². The molecule has 0 spiro atoms. The Morgan fingerprint density at radius 2 is 1.70 bits per heavy atom. The van der Waals surface area contributed by atoms with Crippen molar-refractivity contribution in [2.75, 3.05) is 27.3 Å². The van der Waals surface area contributed by atoms with E-state index in [1.165, 1.54) is 19.2 Å². The van der Waals surface area contributed by atoms with Gasteiger partial charge in [-0.05, 0) is 31.0 Å². The molecule has 1 unspecified atom stereocenters. The van der Waals surface area contributed by atoms with Crippen LogP contribution in [0.1, 0.15) is 33.6 Å². The van der Waals surface area contributed by atoms with Crippen LogP contribution < -0.4 is 4.74 Å². The summed E-state index contributed by atoms with van der Waals surface area (Å²) < 4.78 is 10.7. The van der Waals surface area contributed by atoms with Gasteiger partial charge < -0.3 is 19.5 Å². The summed E-state index contributed by atoms with van der Waals surface area (Å²) in [5.74, 6) is -0.100. The van der Waals surface area contributed by atoms with E-state index in [-0.39, 0.29) is 17.6 Å². The van der Waals surface area contributed by atoms with Crippen LogP contribution in [0.15, 0.2) is 18.2 Å². The number of fused-ring (bicyclic) bond motifs is 2. The average molecular weight is 319 g/mol. The Balaban J connectivity index is 1.84. The second-order valence-electron chi connectivity index (χ2n) is 6.26. The molecule has 0 radical (unpaired) electrons. The van der Waals surface area contributed by atoms with Crippen molar-refractivity contribution in [3.8, 4) is 5.75 Å². The van der Waals surface area contributed by atoms with Crippen LogP contribution in [0.4, 0.5) is 0 Å². The quantitative estimate of drug-likeness (QED) is 0.917. The predicted molar refractivity (Wildman–Crippen MR) is 82.9 cm³/mol. The number of hydrogen-bond donors (Lipinski definition) is 1. The number of benzene rings is 1. The number of aromatic carboxylic acids is 1. The smallest absolute Gasteiger partial charge is 0.335 e. The third-order valence-electron chi connectivity index (χ3n) is 4.94. The van der Waals surface area contributed by atoms with Crippen molar-refractivity contribution >= 4 is 11.9 Å². The minimum absolute atomic E-state index is 0.0578. The summed E-state index contributed by atoms with van der Waals surface area (Å²) in [6.07, 6.45) is 2.38. The summed E-state index contributed by atoms with van der Waals surface area (Å²) in [6.45, 7) is 1.32. The number of methoxy groups -OCH3 is 2. The first-order chi connectivity index (χ1) is 11.0. The maximum atomic E-state index is 12.8. The number of nitrogens with zero attached hydrogens (tertiary/aromatic N) is 1. The van der Waals surface area contributed by atoms with Crippen molar-refractivity contribution in [2.24, 2.45) is 11.8 Å². The molecular formula is C17H21NO5. The van der Waals surface area contributed by atoms with Gasteiger partial charge in [-0.25, -0.2) is 4.79 Å². The van der Waals surface area contributed by atoms with E-state index in [0.29, 0.717) is 36.2 Å². The average Bonchev–Trinajstić information content (AvgIpc) is 2.81. The van der Waals surface area contributed by atoms with Gasteiger partial charge in [0.05, 0.1) is 18.8 Å². The normalized spacial score (nSPS) is 26.2. The summed E-state index contributed by atoms with van der Waals surface area (Å²) in [5, 5.41) is 9.19. The molecule has 1 aromatic carbocycles. The maximum absolute atomic E-state index is 12.8. The molecule has 3 rings (SSSR count). The number of ether oxygens (including phenoxy) is 2. The van der Waals surface area contributed by atoms with Gasteiger partial charge in [-0.3, -0.25) is 4.79 Å². The molecule has 124 valence electrons. The fraction of sp³-hybridized carbons (Fsp3) is 0.529. The standard InChI is InChI=1S/C17H21NO5/c1-22-14-6-12(5-13(7-14)17(20)21)16(19)18-8-10-3-4-11(9-18)15(10)23-2/h5-7,10-11,15H,3-4,8-9H2,1-2H3,(H,20,21)/t10-,11+,15?. The zero-order valence-corrected chi connectivity index (χ0v) is 13.3. The van der Waals surface area contributed by atoms with Crippen LogP contribution in [0.5, 0.6) is 5.75 Å². The molecule has 23 heavy (non-hydrogen) atoms. The van der Waals surface area contributed by atoms with Gasteiger partial charge in [0, 0.05) is 37.6 Å². The summed E-state index contributed by atoms with van der Waals surface area (Å²) in [6, 6.07) is 4.43. The first-order valence-electron chi connectivity index (χ1n) is 7.78. The Morgan fingerprint density at radius 1 is 1.09 bits per heavy atom. The third-order valence-corrected chi connectivity index (χ3v) is 4.94. The molecule has 3 atom stereocenters. The van der Waals surface area contributed by atoms with Gasteiger partial charge in [0.25, 0.3) is 5.91 Å². The van der Waals surface area contributed by atoms with Crippen LogP contribution in [0.3, 0.4) is 0 Å². The Kier molecular flexibility index (Phi) is 4.26. The molecule has 1 aromatic rings. The fourth-order valence-corrected chi connectivity index (χ4v) is 3.87. The number of piperidine rings is 1. The molecule has 1 aliphatic heterocycles. The minimum Gasteiger partial charge on any atom is -0.497 e. The molecule has 1 N–H and O–H groups in total. The number of hydrogen-bond acceptors (Lipinski definition) is 4. The van der Waals surface area contributed by atoms with Crippen LogP contribution in [-0.2, 0) is 4.74 Å². The molecule has 1 aliphatic carbocycles. The van der Waals surface area contributed by atoms with Crippen LogP contribution >= 0.6 is 0 Å². The van der Waals surface area contributed by atoms with Gasteiger partial charge in [0.15, 0.2) is 0 Å². The van der Waals surface area contributed by atoms with Crippen molar-refractivity contribution in [1.82, 2.24) is 4.90 Å². The van der Waals surface area contributed by atoms with E-state index in [4.69, 9.17) is 9.47 Å². The van der Waals surface area contributed by atoms with Crippen molar-refractivity contribution in [3.05, 3.63) is 29.3 Å². The Labute approximate surface area is 135 Å². The van der Waals surface area contributed by atoms with E-state index in [1.807, 2.05) is 4.90 Å². The van der Waals surface area contributed by atoms with Gasteiger partial charge in [0.2, 0.25) is 0 Å². The second-order valence-corrected chi connectivity index (χ2v) is 6.26. The summed E-state index contributed by atoms with van der Waals surface area (Å²) in [5.41, 5.74) is 0.416. The van der Waals surface area contributed by atoms with E-state index < -0.39 is 5.97 Å². The topological polar surface area (TPSA) is 76.1 Å². The highest BCUT2D eigenvalue weighted by Crippen LogP contribution is 2.39. The second kappa shape index (κ2) is 6.20. The summed E-state index contributed by atoms with van der Waals surface area (Å²) in [4.78, 5) is 25.8.